The van der Waals surface area contributed by atoms with Crippen LogP contribution in [0.1, 0.15) is 25.0 Å². The van der Waals surface area contributed by atoms with Crippen molar-refractivity contribution < 1.29 is 4.79 Å². The Morgan fingerprint density at radius 2 is 1.89 bits per heavy atom. The number of aryl methyl sites for hydroxylation is 1. The van der Waals surface area contributed by atoms with Crippen LogP contribution in [-0.2, 0) is 17.9 Å². The number of aromatic nitrogens is 3. The first-order chi connectivity index (χ1) is 13.5. The monoisotopic (exact) mass is 414 g/mol. The number of hydrogen-bond donors (Lipinski definition) is 1. The highest BCUT2D eigenvalue weighted by Crippen LogP contribution is 2.28. The molecule has 0 unspecified atom stereocenters. The number of hydrogen-bond acceptors (Lipinski definition) is 4. The molecule has 0 fully saturated rings. The summed E-state index contributed by atoms with van der Waals surface area (Å²) in [5.41, 5.74) is 3.10. The van der Waals surface area contributed by atoms with E-state index in [4.69, 9.17) is 11.6 Å². The maximum Gasteiger partial charge on any atom is 0.233 e. The van der Waals surface area contributed by atoms with Gasteiger partial charge in [0.05, 0.1) is 5.25 Å². The van der Waals surface area contributed by atoms with E-state index >= 15 is 0 Å². The minimum Gasteiger partial charge on any atom is -0.351 e. The van der Waals surface area contributed by atoms with Gasteiger partial charge in [-0.3, -0.25) is 4.79 Å². The molecule has 28 heavy (non-hydrogen) atoms. The molecular weight excluding hydrogens is 392 g/mol. The van der Waals surface area contributed by atoms with Crippen molar-refractivity contribution in [1.29, 1.82) is 0 Å². The average Bonchev–Trinajstić information content (AvgIpc) is 3.09. The number of nitrogens with one attached hydrogen (secondary N) is 1. The number of benzene rings is 2. The number of nitrogens with zero attached hydrogens (tertiary/aromatic N) is 3. The lowest BCUT2D eigenvalue weighted by atomic mass is 10.1. The van der Waals surface area contributed by atoms with Gasteiger partial charge in [-0.2, -0.15) is 0 Å². The van der Waals surface area contributed by atoms with Gasteiger partial charge in [0.15, 0.2) is 11.0 Å². The molecule has 0 aliphatic carbocycles. The van der Waals surface area contributed by atoms with Gasteiger partial charge in [0.2, 0.25) is 5.91 Å². The van der Waals surface area contributed by atoms with Crippen LogP contribution in [0, 0.1) is 6.92 Å². The number of rotatable bonds is 7. The maximum absolute atomic E-state index is 12.5. The van der Waals surface area contributed by atoms with Crippen LogP contribution in [0.2, 0.25) is 5.02 Å². The Bertz CT molecular complexity index is 973. The summed E-state index contributed by atoms with van der Waals surface area (Å²) in [4.78, 5) is 12.5. The fourth-order valence-electron chi connectivity index (χ4n) is 2.86. The molecular formula is C21H23ClN4OS. The summed E-state index contributed by atoms with van der Waals surface area (Å²) < 4.78 is 2.05. The third-order valence-corrected chi connectivity index (χ3v) is 5.93. The molecule has 0 bridgehead atoms. The van der Waals surface area contributed by atoms with Gasteiger partial charge in [0.25, 0.3) is 0 Å². The van der Waals surface area contributed by atoms with Crippen molar-refractivity contribution in [2.45, 2.75) is 44.3 Å². The lowest BCUT2D eigenvalue weighted by Crippen LogP contribution is -2.30. The van der Waals surface area contributed by atoms with Gasteiger partial charge in [-0.15, -0.1) is 10.2 Å². The van der Waals surface area contributed by atoms with Crippen molar-refractivity contribution >= 4 is 29.3 Å². The Labute approximate surface area is 174 Å². The minimum atomic E-state index is -0.304. The molecule has 1 N–H and O–H groups in total. The molecule has 3 rings (SSSR count). The molecule has 0 saturated carbocycles. The van der Waals surface area contributed by atoms with Crippen LogP contribution in [0.5, 0.6) is 0 Å². The fraction of sp³-hybridized carbons (Fsp3) is 0.286. The van der Waals surface area contributed by atoms with Crippen molar-refractivity contribution in [3.05, 3.63) is 64.7 Å². The predicted molar refractivity (Wildman–Crippen MR) is 114 cm³/mol. The van der Waals surface area contributed by atoms with Crippen LogP contribution >= 0.6 is 23.4 Å². The molecule has 0 spiro atoms. The molecule has 2 aromatic carbocycles. The van der Waals surface area contributed by atoms with Crippen LogP contribution in [0.3, 0.4) is 0 Å². The lowest BCUT2D eigenvalue weighted by molar-refractivity contribution is -0.120. The molecule has 0 radical (unpaired) electrons. The Morgan fingerprint density at radius 3 is 2.61 bits per heavy atom. The zero-order valence-corrected chi connectivity index (χ0v) is 17.7. The largest absolute Gasteiger partial charge is 0.351 e. The summed E-state index contributed by atoms with van der Waals surface area (Å²) in [6.07, 6.45) is 0. The summed E-state index contributed by atoms with van der Waals surface area (Å²) in [5, 5.41) is 12.7. The molecule has 0 aliphatic rings. The zero-order valence-electron chi connectivity index (χ0n) is 16.1. The Morgan fingerprint density at radius 1 is 1.18 bits per heavy atom. The molecule has 5 nitrogen and oxygen atoms in total. The van der Waals surface area contributed by atoms with Gasteiger partial charge < -0.3 is 9.88 Å². The minimum absolute atomic E-state index is 0.0620. The van der Waals surface area contributed by atoms with E-state index in [1.807, 2.05) is 54.0 Å². The summed E-state index contributed by atoms with van der Waals surface area (Å²) in [7, 11) is 0. The van der Waals surface area contributed by atoms with Gasteiger partial charge in [-0.05, 0) is 38.0 Å². The molecule has 0 aliphatic heterocycles. The van der Waals surface area contributed by atoms with E-state index in [-0.39, 0.29) is 11.2 Å². The van der Waals surface area contributed by atoms with Gasteiger partial charge in [0.1, 0.15) is 0 Å². The fourth-order valence-corrected chi connectivity index (χ4v) is 4.00. The second kappa shape index (κ2) is 9.26. The Hall–Kier alpha value is -2.31. The van der Waals surface area contributed by atoms with Crippen LogP contribution < -0.4 is 5.32 Å². The molecule has 1 amide bonds. The van der Waals surface area contributed by atoms with Crippen molar-refractivity contribution in [2.24, 2.45) is 0 Å². The highest BCUT2D eigenvalue weighted by molar-refractivity contribution is 8.00. The van der Waals surface area contributed by atoms with Crippen molar-refractivity contribution in [3.63, 3.8) is 0 Å². The third kappa shape index (κ3) is 4.56. The van der Waals surface area contributed by atoms with Crippen molar-refractivity contribution in [3.8, 4) is 11.4 Å². The van der Waals surface area contributed by atoms with Crippen molar-refractivity contribution in [1.82, 2.24) is 20.1 Å². The van der Waals surface area contributed by atoms with Gasteiger partial charge >= 0.3 is 0 Å². The molecule has 146 valence electrons. The van der Waals surface area contributed by atoms with E-state index in [1.54, 1.807) is 0 Å². The lowest BCUT2D eigenvalue weighted by Gasteiger charge is -2.13. The summed E-state index contributed by atoms with van der Waals surface area (Å²) in [5.74, 6) is 0.764. The summed E-state index contributed by atoms with van der Waals surface area (Å²) in [6.45, 7) is 7.11. The van der Waals surface area contributed by atoms with E-state index in [9.17, 15) is 4.79 Å². The summed E-state index contributed by atoms with van der Waals surface area (Å²) in [6, 6.07) is 15.6. The molecule has 3 aromatic rings. The highest BCUT2D eigenvalue weighted by atomic mass is 35.5. The zero-order chi connectivity index (χ0) is 20.1. The standard InChI is InChI=1S/C21H23ClN4OS/c1-4-26-19(17-11-7-5-9-14(17)2)24-25-21(26)28-15(3)20(27)23-13-16-10-6-8-12-18(16)22/h5-12,15H,4,13H2,1-3H3,(H,23,27)/t15-/m1/s1. The maximum atomic E-state index is 12.5. The second-order valence-corrected chi connectivity index (χ2v) is 8.15. The number of halogens is 1. The Kier molecular flexibility index (Phi) is 6.75. The SMILES string of the molecule is CCn1c(S[C@H](C)C(=O)NCc2ccccc2Cl)nnc1-c1ccccc1C. The first-order valence-electron chi connectivity index (χ1n) is 9.18. The van der Waals surface area contributed by atoms with Crippen LogP contribution in [0.4, 0.5) is 0 Å². The van der Waals surface area contributed by atoms with E-state index in [1.165, 1.54) is 11.8 Å². The van der Waals surface area contributed by atoms with E-state index < -0.39 is 0 Å². The number of thioether (sulfide) groups is 1. The van der Waals surface area contributed by atoms with Gasteiger partial charge in [0, 0.05) is 23.7 Å². The molecule has 1 aromatic heterocycles. The average molecular weight is 415 g/mol. The predicted octanol–water partition coefficient (Wildman–Crippen LogP) is 4.72. The van der Waals surface area contributed by atoms with E-state index in [0.29, 0.717) is 11.6 Å². The molecule has 7 heteroatoms. The first kappa shape index (κ1) is 20.4. The second-order valence-electron chi connectivity index (χ2n) is 6.43. The number of carbonyl (C=O) groups excluding carboxylic acids is 1. The van der Waals surface area contributed by atoms with Crippen molar-refractivity contribution in [2.75, 3.05) is 0 Å². The highest BCUT2D eigenvalue weighted by Gasteiger charge is 2.20. The smallest absolute Gasteiger partial charge is 0.233 e. The number of carbonyl (C=O) groups is 1. The van der Waals surface area contributed by atoms with Gasteiger partial charge in [-0.1, -0.05) is 65.8 Å². The topological polar surface area (TPSA) is 59.8 Å². The normalized spacial score (nSPS) is 12.0. The van der Waals surface area contributed by atoms with Gasteiger partial charge in [-0.25, -0.2) is 0 Å². The first-order valence-corrected chi connectivity index (χ1v) is 10.4. The van der Waals surface area contributed by atoms with Crippen LogP contribution in [0.15, 0.2) is 53.7 Å². The Balaban J connectivity index is 1.70. The van der Waals surface area contributed by atoms with Crippen LogP contribution in [-0.4, -0.2) is 25.9 Å². The van der Waals surface area contributed by atoms with E-state index in [0.717, 1.165) is 34.2 Å². The molecule has 1 heterocycles. The number of amides is 1. The third-order valence-electron chi connectivity index (χ3n) is 4.48. The quantitative estimate of drug-likeness (QED) is 0.568. The molecule has 0 saturated heterocycles. The summed E-state index contributed by atoms with van der Waals surface area (Å²) >= 11 is 7.56. The van der Waals surface area contributed by atoms with E-state index in [2.05, 4.69) is 35.4 Å². The van der Waals surface area contributed by atoms with Crippen LogP contribution in [0.25, 0.3) is 11.4 Å². The molecule has 1 atom stereocenters.